The van der Waals surface area contributed by atoms with Crippen molar-refractivity contribution in [3.05, 3.63) is 35.9 Å². The Morgan fingerprint density at radius 2 is 1.73 bits per heavy atom. The maximum absolute atomic E-state index is 12.7. The van der Waals surface area contributed by atoms with Crippen molar-refractivity contribution in [3.8, 4) is 0 Å². The van der Waals surface area contributed by atoms with Gasteiger partial charge < -0.3 is 14.5 Å². The molecule has 0 radical (unpaired) electrons. The van der Waals surface area contributed by atoms with E-state index in [-0.39, 0.29) is 23.0 Å². The van der Waals surface area contributed by atoms with Crippen LogP contribution in [0.25, 0.3) is 0 Å². The average molecular weight is 377 g/mol. The minimum Gasteiger partial charge on any atom is -0.378 e. The number of thioether (sulfide) groups is 1. The SMILES string of the molecule is CC(SCc1ccccc1)C(=O)N1CCC(C(=O)N2CCOCC2)CC1. The molecule has 3 rings (SSSR count). The van der Waals surface area contributed by atoms with Gasteiger partial charge in [-0.3, -0.25) is 9.59 Å². The lowest BCUT2D eigenvalue weighted by atomic mass is 9.95. The van der Waals surface area contributed by atoms with Gasteiger partial charge in [-0.25, -0.2) is 0 Å². The van der Waals surface area contributed by atoms with Gasteiger partial charge >= 0.3 is 0 Å². The number of piperidine rings is 1. The summed E-state index contributed by atoms with van der Waals surface area (Å²) < 4.78 is 5.32. The fourth-order valence-corrected chi connectivity index (χ4v) is 4.44. The molecule has 0 N–H and O–H groups in total. The number of nitrogens with zero attached hydrogens (tertiary/aromatic N) is 2. The van der Waals surface area contributed by atoms with Gasteiger partial charge in [-0.1, -0.05) is 30.3 Å². The zero-order chi connectivity index (χ0) is 18.4. The monoisotopic (exact) mass is 376 g/mol. The third kappa shape index (κ3) is 5.01. The Labute approximate surface area is 160 Å². The van der Waals surface area contributed by atoms with E-state index in [2.05, 4.69) is 12.1 Å². The lowest BCUT2D eigenvalue weighted by molar-refractivity contribution is -0.143. The van der Waals surface area contributed by atoms with Crippen LogP contribution in [-0.4, -0.2) is 66.3 Å². The molecule has 0 spiro atoms. The molecule has 2 fully saturated rings. The molecule has 0 bridgehead atoms. The van der Waals surface area contributed by atoms with Gasteiger partial charge in [0.2, 0.25) is 11.8 Å². The molecule has 1 atom stereocenters. The number of hydrogen-bond acceptors (Lipinski definition) is 4. The fourth-order valence-electron chi connectivity index (χ4n) is 3.51. The van der Waals surface area contributed by atoms with Gasteiger partial charge in [0.1, 0.15) is 0 Å². The van der Waals surface area contributed by atoms with Gasteiger partial charge in [-0.05, 0) is 25.3 Å². The third-order valence-electron chi connectivity index (χ3n) is 5.17. The Balaban J connectivity index is 1.43. The zero-order valence-electron chi connectivity index (χ0n) is 15.4. The molecular formula is C20H28N2O3S. The van der Waals surface area contributed by atoms with Crippen LogP contribution in [0.5, 0.6) is 0 Å². The minimum atomic E-state index is -0.0540. The Kier molecular flexibility index (Phi) is 6.97. The normalized spacial score (nSPS) is 20.0. The molecule has 2 amide bonds. The molecule has 2 saturated heterocycles. The standard InChI is InChI=1S/C20H28N2O3S/c1-16(26-15-17-5-3-2-4-6-17)19(23)21-9-7-18(8-10-21)20(24)22-11-13-25-14-12-22/h2-6,16,18H,7-15H2,1H3. The van der Waals surface area contributed by atoms with Crippen molar-refractivity contribution in [3.63, 3.8) is 0 Å². The molecule has 0 aliphatic carbocycles. The van der Waals surface area contributed by atoms with E-state index in [4.69, 9.17) is 4.74 Å². The number of rotatable bonds is 5. The van der Waals surface area contributed by atoms with Crippen molar-refractivity contribution >= 4 is 23.6 Å². The van der Waals surface area contributed by atoms with Crippen LogP contribution in [0.4, 0.5) is 0 Å². The van der Waals surface area contributed by atoms with Crippen LogP contribution in [0.2, 0.25) is 0 Å². The van der Waals surface area contributed by atoms with E-state index in [1.54, 1.807) is 11.8 Å². The van der Waals surface area contributed by atoms with E-state index in [1.165, 1.54) is 5.56 Å². The number of carbonyl (C=O) groups excluding carboxylic acids is 2. The maximum Gasteiger partial charge on any atom is 0.235 e. The lowest BCUT2D eigenvalue weighted by Gasteiger charge is -2.36. The number of morpholine rings is 1. The summed E-state index contributed by atoms with van der Waals surface area (Å²) in [6.07, 6.45) is 1.55. The maximum atomic E-state index is 12.7. The van der Waals surface area contributed by atoms with Crippen LogP contribution in [0, 0.1) is 5.92 Å². The highest BCUT2D eigenvalue weighted by Crippen LogP contribution is 2.24. The topological polar surface area (TPSA) is 49.9 Å². The van der Waals surface area contributed by atoms with Gasteiger partial charge in [0.05, 0.1) is 18.5 Å². The molecule has 1 aromatic rings. The third-order valence-corrected chi connectivity index (χ3v) is 6.37. The summed E-state index contributed by atoms with van der Waals surface area (Å²) in [4.78, 5) is 29.1. The van der Waals surface area contributed by atoms with Gasteiger partial charge in [-0.15, -0.1) is 11.8 Å². The highest BCUT2D eigenvalue weighted by Gasteiger charge is 2.32. The molecule has 2 heterocycles. The predicted octanol–water partition coefficient (Wildman–Crippen LogP) is 2.41. The van der Waals surface area contributed by atoms with Crippen LogP contribution in [0.15, 0.2) is 30.3 Å². The molecule has 0 aromatic heterocycles. The molecule has 2 aliphatic rings. The van der Waals surface area contributed by atoms with E-state index in [9.17, 15) is 9.59 Å². The quantitative estimate of drug-likeness (QED) is 0.792. The number of benzene rings is 1. The number of carbonyl (C=O) groups is 2. The largest absolute Gasteiger partial charge is 0.378 e. The second-order valence-electron chi connectivity index (χ2n) is 6.98. The number of ether oxygens (including phenoxy) is 1. The zero-order valence-corrected chi connectivity index (χ0v) is 16.2. The van der Waals surface area contributed by atoms with Crippen LogP contribution < -0.4 is 0 Å². The first-order valence-corrected chi connectivity index (χ1v) is 10.5. The van der Waals surface area contributed by atoms with Crippen molar-refractivity contribution in [1.82, 2.24) is 9.80 Å². The molecule has 2 aliphatic heterocycles. The Bertz CT molecular complexity index is 596. The van der Waals surface area contributed by atoms with E-state index < -0.39 is 0 Å². The molecular weight excluding hydrogens is 348 g/mol. The fraction of sp³-hybridized carbons (Fsp3) is 0.600. The van der Waals surface area contributed by atoms with E-state index in [0.717, 1.165) is 18.6 Å². The first kappa shape index (κ1) is 19.2. The highest BCUT2D eigenvalue weighted by molar-refractivity contribution is 7.99. The van der Waals surface area contributed by atoms with Gasteiger partial charge in [0, 0.05) is 37.8 Å². The van der Waals surface area contributed by atoms with Gasteiger partial charge in [0.25, 0.3) is 0 Å². The molecule has 1 aromatic carbocycles. The van der Waals surface area contributed by atoms with Gasteiger partial charge in [-0.2, -0.15) is 0 Å². The molecule has 26 heavy (non-hydrogen) atoms. The van der Waals surface area contributed by atoms with E-state index >= 15 is 0 Å². The van der Waals surface area contributed by atoms with Crippen LogP contribution in [0.3, 0.4) is 0 Å². The van der Waals surface area contributed by atoms with Crippen molar-refractivity contribution in [2.24, 2.45) is 5.92 Å². The summed E-state index contributed by atoms with van der Waals surface area (Å²) >= 11 is 1.68. The lowest BCUT2D eigenvalue weighted by Crippen LogP contribution is -2.48. The number of amides is 2. The first-order valence-electron chi connectivity index (χ1n) is 9.46. The van der Waals surface area contributed by atoms with Crippen molar-refractivity contribution < 1.29 is 14.3 Å². The molecule has 6 heteroatoms. The molecule has 142 valence electrons. The van der Waals surface area contributed by atoms with E-state index in [1.807, 2.05) is 34.9 Å². The molecule has 5 nitrogen and oxygen atoms in total. The van der Waals surface area contributed by atoms with Crippen molar-refractivity contribution in [2.45, 2.75) is 30.8 Å². The van der Waals surface area contributed by atoms with E-state index in [0.29, 0.717) is 39.4 Å². The predicted molar refractivity (Wildman–Crippen MR) is 104 cm³/mol. The van der Waals surface area contributed by atoms with Crippen molar-refractivity contribution in [2.75, 3.05) is 39.4 Å². The summed E-state index contributed by atoms with van der Waals surface area (Å²) in [7, 11) is 0. The Morgan fingerprint density at radius 3 is 2.38 bits per heavy atom. The molecule has 1 unspecified atom stereocenters. The first-order chi connectivity index (χ1) is 12.6. The smallest absolute Gasteiger partial charge is 0.235 e. The Hall–Kier alpha value is -1.53. The van der Waals surface area contributed by atoms with Crippen LogP contribution in [-0.2, 0) is 20.1 Å². The van der Waals surface area contributed by atoms with Crippen molar-refractivity contribution in [1.29, 1.82) is 0 Å². The summed E-state index contributed by atoms with van der Waals surface area (Å²) in [6.45, 7) is 6.04. The number of hydrogen-bond donors (Lipinski definition) is 0. The Morgan fingerprint density at radius 1 is 1.08 bits per heavy atom. The average Bonchev–Trinajstić information content (AvgIpc) is 2.72. The summed E-state index contributed by atoms with van der Waals surface area (Å²) in [5.74, 6) is 1.35. The van der Waals surface area contributed by atoms with Crippen LogP contribution in [0.1, 0.15) is 25.3 Å². The van der Waals surface area contributed by atoms with Gasteiger partial charge in [0.15, 0.2) is 0 Å². The molecule has 0 saturated carbocycles. The minimum absolute atomic E-state index is 0.0540. The second kappa shape index (κ2) is 9.42. The second-order valence-corrected chi connectivity index (χ2v) is 8.31. The van der Waals surface area contributed by atoms with Crippen LogP contribution >= 0.6 is 11.8 Å². The summed E-state index contributed by atoms with van der Waals surface area (Å²) in [6, 6.07) is 10.2. The number of likely N-dealkylation sites (tertiary alicyclic amines) is 1. The summed E-state index contributed by atoms with van der Waals surface area (Å²) in [5, 5.41) is -0.0540. The summed E-state index contributed by atoms with van der Waals surface area (Å²) in [5.41, 5.74) is 1.24. The highest BCUT2D eigenvalue weighted by atomic mass is 32.2.